The van der Waals surface area contributed by atoms with E-state index < -0.39 is 0 Å². The molecule has 0 aliphatic carbocycles. The topological polar surface area (TPSA) is 72.7 Å². The monoisotopic (exact) mass is 324 g/mol. The van der Waals surface area contributed by atoms with Gasteiger partial charge >= 0.3 is 0 Å². The largest absolute Gasteiger partial charge is 0.497 e. The van der Waals surface area contributed by atoms with E-state index >= 15 is 0 Å². The van der Waals surface area contributed by atoms with E-state index in [0.29, 0.717) is 24.6 Å². The number of carbonyl (C=O) groups is 1. The number of hydrogen-bond donors (Lipinski definition) is 2. The van der Waals surface area contributed by atoms with Crippen LogP contribution in [0.25, 0.3) is 0 Å². The summed E-state index contributed by atoms with van der Waals surface area (Å²) in [6, 6.07) is 8.52. The second-order valence-electron chi connectivity index (χ2n) is 4.39. The van der Waals surface area contributed by atoms with Crippen LogP contribution in [0, 0.1) is 0 Å². The maximum atomic E-state index is 11.7. The van der Waals surface area contributed by atoms with Gasteiger partial charge in [-0.3, -0.25) is 4.79 Å². The molecule has 118 valence electrons. The fourth-order valence-electron chi connectivity index (χ4n) is 1.82. The lowest BCUT2D eigenvalue weighted by Gasteiger charge is -2.11. The van der Waals surface area contributed by atoms with E-state index in [1.807, 2.05) is 12.1 Å². The predicted octanol–water partition coefficient (Wildman–Crippen LogP) is 2.79. The van der Waals surface area contributed by atoms with E-state index in [0.717, 1.165) is 5.69 Å². The third kappa shape index (κ3) is 4.33. The van der Waals surface area contributed by atoms with E-state index in [4.69, 9.17) is 25.5 Å². The van der Waals surface area contributed by atoms with Crippen molar-refractivity contribution in [3.63, 3.8) is 0 Å². The Morgan fingerprint density at radius 2 is 1.82 bits per heavy atom. The van der Waals surface area contributed by atoms with Crippen molar-refractivity contribution in [2.45, 2.75) is 0 Å². The minimum Gasteiger partial charge on any atom is -0.497 e. The van der Waals surface area contributed by atoms with E-state index in [9.17, 15) is 4.79 Å². The van der Waals surface area contributed by atoms with Crippen LogP contribution in [0.5, 0.6) is 11.5 Å². The second-order valence-corrected chi connectivity index (χ2v) is 4.76. The van der Waals surface area contributed by atoms with Crippen LogP contribution in [0.15, 0.2) is 34.7 Å². The Hall–Kier alpha value is -2.34. The van der Waals surface area contributed by atoms with Gasteiger partial charge in [-0.05, 0) is 23.7 Å². The van der Waals surface area contributed by atoms with Crippen molar-refractivity contribution in [1.82, 2.24) is 5.32 Å². The van der Waals surface area contributed by atoms with Crippen LogP contribution in [-0.2, 0) is 0 Å². The smallest absolute Gasteiger partial charge is 0.287 e. The van der Waals surface area contributed by atoms with Crippen molar-refractivity contribution in [2.24, 2.45) is 0 Å². The van der Waals surface area contributed by atoms with Gasteiger partial charge in [-0.2, -0.15) is 0 Å². The number of rotatable bonds is 7. The van der Waals surface area contributed by atoms with Gasteiger partial charge < -0.3 is 24.5 Å². The predicted molar refractivity (Wildman–Crippen MR) is 84.1 cm³/mol. The van der Waals surface area contributed by atoms with E-state index in [1.54, 1.807) is 20.3 Å². The lowest BCUT2D eigenvalue weighted by atomic mass is 10.2. The van der Waals surface area contributed by atoms with Crippen LogP contribution in [0.4, 0.5) is 5.69 Å². The lowest BCUT2D eigenvalue weighted by Crippen LogP contribution is -2.28. The summed E-state index contributed by atoms with van der Waals surface area (Å²) in [4.78, 5) is 11.7. The molecule has 6 nitrogen and oxygen atoms in total. The maximum Gasteiger partial charge on any atom is 0.287 e. The summed E-state index contributed by atoms with van der Waals surface area (Å²) < 4.78 is 15.4. The first-order chi connectivity index (χ1) is 10.6. The highest BCUT2D eigenvalue weighted by Gasteiger charge is 2.09. The highest BCUT2D eigenvalue weighted by Crippen LogP contribution is 2.25. The Bertz CT molecular complexity index is 620. The molecule has 1 amide bonds. The van der Waals surface area contributed by atoms with Crippen LogP contribution in [0.3, 0.4) is 0 Å². The SMILES string of the molecule is COc1cc(NCCNC(=O)c2ccc(Cl)o2)cc(OC)c1. The van der Waals surface area contributed by atoms with Crippen molar-refractivity contribution in [3.05, 3.63) is 41.3 Å². The van der Waals surface area contributed by atoms with Crippen LogP contribution in [0.1, 0.15) is 10.6 Å². The summed E-state index contributed by atoms with van der Waals surface area (Å²) in [5.74, 6) is 1.26. The molecule has 22 heavy (non-hydrogen) atoms. The normalized spacial score (nSPS) is 10.1. The number of hydrogen-bond acceptors (Lipinski definition) is 5. The molecule has 2 N–H and O–H groups in total. The molecule has 2 rings (SSSR count). The summed E-state index contributed by atoms with van der Waals surface area (Å²) in [6.07, 6.45) is 0. The van der Waals surface area contributed by atoms with Gasteiger partial charge in [-0.1, -0.05) is 0 Å². The van der Waals surface area contributed by atoms with E-state index in [1.165, 1.54) is 12.1 Å². The maximum absolute atomic E-state index is 11.7. The number of methoxy groups -OCH3 is 2. The van der Waals surface area contributed by atoms with Crippen LogP contribution < -0.4 is 20.1 Å². The molecule has 2 aromatic rings. The van der Waals surface area contributed by atoms with Gasteiger partial charge in [0.2, 0.25) is 0 Å². The molecule has 0 saturated carbocycles. The average Bonchev–Trinajstić information content (AvgIpc) is 2.97. The molecule has 0 aliphatic rings. The van der Waals surface area contributed by atoms with Gasteiger partial charge in [0.15, 0.2) is 11.0 Å². The number of carbonyl (C=O) groups excluding carboxylic acids is 1. The molecule has 0 radical (unpaired) electrons. The summed E-state index contributed by atoms with van der Waals surface area (Å²) in [5.41, 5.74) is 0.839. The van der Waals surface area contributed by atoms with E-state index in [-0.39, 0.29) is 16.9 Å². The van der Waals surface area contributed by atoms with Gasteiger partial charge in [0.05, 0.1) is 14.2 Å². The van der Waals surface area contributed by atoms with Crippen molar-refractivity contribution < 1.29 is 18.7 Å². The number of benzene rings is 1. The standard InChI is InChI=1S/C15H17ClN2O4/c1-20-11-7-10(8-12(9-11)21-2)17-5-6-18-15(19)13-3-4-14(16)22-13/h3-4,7-9,17H,5-6H2,1-2H3,(H,18,19). The molecule has 1 heterocycles. The zero-order valence-electron chi connectivity index (χ0n) is 12.3. The lowest BCUT2D eigenvalue weighted by molar-refractivity contribution is 0.0927. The number of nitrogens with one attached hydrogen (secondary N) is 2. The molecule has 0 saturated heterocycles. The first-order valence-electron chi connectivity index (χ1n) is 6.63. The second kappa shape index (κ2) is 7.61. The zero-order chi connectivity index (χ0) is 15.9. The van der Waals surface area contributed by atoms with Crippen LogP contribution in [-0.4, -0.2) is 33.2 Å². The third-order valence-electron chi connectivity index (χ3n) is 2.89. The summed E-state index contributed by atoms with van der Waals surface area (Å²) in [6.45, 7) is 0.965. The zero-order valence-corrected chi connectivity index (χ0v) is 13.1. The number of halogens is 1. The molecule has 0 atom stereocenters. The summed E-state index contributed by atoms with van der Waals surface area (Å²) in [7, 11) is 3.18. The van der Waals surface area contributed by atoms with Gasteiger partial charge in [0, 0.05) is 37.0 Å². The summed E-state index contributed by atoms with van der Waals surface area (Å²) >= 11 is 5.62. The highest BCUT2D eigenvalue weighted by molar-refractivity contribution is 6.29. The molecule has 0 aliphatic heterocycles. The van der Waals surface area contributed by atoms with Crippen LogP contribution in [0.2, 0.25) is 5.22 Å². The molecule has 0 bridgehead atoms. The molecular weight excluding hydrogens is 308 g/mol. The fourth-order valence-corrected chi connectivity index (χ4v) is 1.96. The van der Waals surface area contributed by atoms with Crippen molar-refractivity contribution in [3.8, 4) is 11.5 Å². The Balaban J connectivity index is 1.82. The molecule has 7 heteroatoms. The van der Waals surface area contributed by atoms with Gasteiger partial charge in [-0.15, -0.1) is 0 Å². The minimum absolute atomic E-state index is 0.187. The van der Waals surface area contributed by atoms with Gasteiger partial charge in [-0.25, -0.2) is 0 Å². The van der Waals surface area contributed by atoms with Crippen molar-refractivity contribution in [2.75, 3.05) is 32.6 Å². The Labute approximate surface area is 133 Å². The Kier molecular flexibility index (Phi) is 5.55. The number of anilines is 1. The summed E-state index contributed by atoms with van der Waals surface area (Å²) in [5, 5.41) is 6.08. The molecule has 1 aromatic heterocycles. The Morgan fingerprint density at radius 3 is 2.36 bits per heavy atom. The molecule has 0 fully saturated rings. The molecule has 0 spiro atoms. The Morgan fingerprint density at radius 1 is 1.14 bits per heavy atom. The number of ether oxygens (including phenoxy) is 2. The molecule has 1 aromatic carbocycles. The molecule has 0 unspecified atom stereocenters. The quantitative estimate of drug-likeness (QED) is 0.766. The third-order valence-corrected chi connectivity index (χ3v) is 3.09. The average molecular weight is 325 g/mol. The van der Waals surface area contributed by atoms with E-state index in [2.05, 4.69) is 10.6 Å². The van der Waals surface area contributed by atoms with Crippen molar-refractivity contribution in [1.29, 1.82) is 0 Å². The first-order valence-corrected chi connectivity index (χ1v) is 7.00. The fraction of sp³-hybridized carbons (Fsp3) is 0.267. The van der Waals surface area contributed by atoms with Crippen molar-refractivity contribution >= 4 is 23.2 Å². The van der Waals surface area contributed by atoms with Gasteiger partial charge in [0.1, 0.15) is 11.5 Å². The highest BCUT2D eigenvalue weighted by atomic mass is 35.5. The van der Waals surface area contributed by atoms with Gasteiger partial charge in [0.25, 0.3) is 5.91 Å². The number of furan rings is 1. The minimum atomic E-state index is -0.308. The molecular formula is C15H17ClN2O4. The first kappa shape index (κ1) is 16.0. The van der Waals surface area contributed by atoms with Crippen LogP contribution >= 0.6 is 11.6 Å². The number of amides is 1.